The van der Waals surface area contributed by atoms with E-state index in [4.69, 9.17) is 5.10 Å². The second kappa shape index (κ2) is 10.2. The molecule has 1 heterocycles. The van der Waals surface area contributed by atoms with E-state index in [1.54, 1.807) is 10.7 Å². The van der Waals surface area contributed by atoms with Crippen LogP contribution in [0.3, 0.4) is 0 Å². The number of halogens is 1. The van der Waals surface area contributed by atoms with Crippen molar-refractivity contribution in [2.24, 2.45) is 0 Å². The summed E-state index contributed by atoms with van der Waals surface area (Å²) in [5, 5.41) is 7.74. The molecule has 2 aromatic carbocycles. The number of carbonyl (C=O) groups is 2. The summed E-state index contributed by atoms with van der Waals surface area (Å²) in [5.41, 5.74) is 3.91. The van der Waals surface area contributed by atoms with Gasteiger partial charge in [0, 0.05) is 23.6 Å². The van der Waals surface area contributed by atoms with Crippen LogP contribution in [0.1, 0.15) is 61.3 Å². The van der Waals surface area contributed by atoms with Crippen molar-refractivity contribution in [3.8, 4) is 5.69 Å². The third-order valence-electron chi connectivity index (χ3n) is 5.74. The maximum absolute atomic E-state index is 13.6. The minimum absolute atomic E-state index is 0.147. The molecular formula is C27H33FN4O2. The van der Waals surface area contributed by atoms with Gasteiger partial charge in [0.1, 0.15) is 18.2 Å². The zero-order valence-corrected chi connectivity index (χ0v) is 20.8. The quantitative estimate of drug-likeness (QED) is 0.508. The van der Waals surface area contributed by atoms with Crippen molar-refractivity contribution in [2.45, 2.75) is 53.4 Å². The van der Waals surface area contributed by atoms with Crippen molar-refractivity contribution in [1.82, 2.24) is 14.7 Å². The van der Waals surface area contributed by atoms with Gasteiger partial charge in [0.05, 0.1) is 11.4 Å². The zero-order chi connectivity index (χ0) is 25.0. The highest BCUT2D eigenvalue weighted by Crippen LogP contribution is 2.28. The topological polar surface area (TPSA) is 67.2 Å². The number of benzene rings is 2. The minimum atomic E-state index is -0.487. The molecule has 0 aliphatic carbocycles. The first-order valence-corrected chi connectivity index (χ1v) is 11.5. The molecule has 0 bridgehead atoms. The van der Waals surface area contributed by atoms with Crippen LogP contribution in [0.5, 0.6) is 0 Å². The van der Waals surface area contributed by atoms with Gasteiger partial charge in [0.25, 0.3) is 5.91 Å². The predicted molar refractivity (Wildman–Crippen MR) is 133 cm³/mol. The summed E-state index contributed by atoms with van der Waals surface area (Å²) in [6.07, 6.45) is 0.670. The van der Waals surface area contributed by atoms with E-state index in [-0.39, 0.29) is 29.3 Å². The molecule has 0 aliphatic heterocycles. The first kappa shape index (κ1) is 25.1. The van der Waals surface area contributed by atoms with Crippen LogP contribution in [0.25, 0.3) is 5.69 Å². The Labute approximate surface area is 200 Å². The van der Waals surface area contributed by atoms with Gasteiger partial charge in [-0.2, -0.15) is 5.10 Å². The number of hydrogen-bond acceptors (Lipinski definition) is 3. The molecule has 0 fully saturated rings. The molecule has 2 amide bonds. The smallest absolute Gasteiger partial charge is 0.254 e. The number of amides is 2. The molecule has 6 nitrogen and oxygen atoms in total. The Morgan fingerprint density at radius 1 is 1.09 bits per heavy atom. The van der Waals surface area contributed by atoms with Crippen molar-refractivity contribution in [1.29, 1.82) is 0 Å². The molecule has 0 saturated heterocycles. The van der Waals surface area contributed by atoms with Gasteiger partial charge in [-0.1, -0.05) is 45.9 Å². The summed E-state index contributed by atoms with van der Waals surface area (Å²) in [5.74, 6) is -0.669. The third kappa shape index (κ3) is 5.71. The number of rotatable bonds is 7. The van der Waals surface area contributed by atoms with Crippen LogP contribution >= 0.6 is 0 Å². The molecule has 1 N–H and O–H groups in total. The minimum Gasteiger partial charge on any atom is -0.329 e. The summed E-state index contributed by atoms with van der Waals surface area (Å²) in [7, 11) is 0. The lowest BCUT2D eigenvalue weighted by molar-refractivity contribution is -0.116. The van der Waals surface area contributed by atoms with Gasteiger partial charge in [-0.15, -0.1) is 0 Å². The summed E-state index contributed by atoms with van der Waals surface area (Å²) in [4.78, 5) is 27.5. The van der Waals surface area contributed by atoms with Crippen molar-refractivity contribution < 1.29 is 14.0 Å². The normalized spacial score (nSPS) is 11.4. The molecule has 3 rings (SSSR count). The van der Waals surface area contributed by atoms with Crippen LogP contribution in [0.4, 0.5) is 10.2 Å². The third-order valence-corrected chi connectivity index (χ3v) is 5.74. The van der Waals surface area contributed by atoms with Gasteiger partial charge in [-0.05, 0) is 55.7 Å². The lowest BCUT2D eigenvalue weighted by atomic mass is 9.92. The highest BCUT2D eigenvalue weighted by atomic mass is 19.1. The largest absolute Gasteiger partial charge is 0.329 e. The fourth-order valence-corrected chi connectivity index (χ4v) is 3.67. The Kier molecular flexibility index (Phi) is 7.54. The SMILES string of the molecule is CCCN(CC(=O)Nc1cc(C(C)(C)C)nn1-c1cccc(C)c1C)C(=O)c1cccc(F)c1. The number of hydrogen-bond donors (Lipinski definition) is 1. The van der Waals surface area contributed by atoms with Gasteiger partial charge in [0.2, 0.25) is 5.91 Å². The number of carbonyl (C=O) groups excluding carboxylic acids is 2. The molecule has 180 valence electrons. The first-order chi connectivity index (χ1) is 16.0. The first-order valence-electron chi connectivity index (χ1n) is 11.5. The maximum Gasteiger partial charge on any atom is 0.254 e. The average Bonchev–Trinajstić information content (AvgIpc) is 3.18. The highest BCUT2D eigenvalue weighted by Gasteiger charge is 2.24. The lowest BCUT2D eigenvalue weighted by Gasteiger charge is -2.22. The standard InChI is InChI=1S/C27H33FN4O2/c1-7-14-31(26(34)20-11-9-12-21(28)15-20)17-25(33)29-24-16-23(27(4,5)6)30-32(24)22-13-8-10-18(2)19(22)3/h8-13,15-16H,7,14,17H2,1-6H3,(H,29,33). The Hall–Kier alpha value is -3.48. The lowest BCUT2D eigenvalue weighted by Crippen LogP contribution is -2.38. The number of nitrogens with zero attached hydrogens (tertiary/aromatic N) is 3. The zero-order valence-electron chi connectivity index (χ0n) is 20.8. The monoisotopic (exact) mass is 464 g/mol. The molecule has 0 unspecified atom stereocenters. The second-order valence-electron chi connectivity index (χ2n) is 9.58. The number of anilines is 1. The van der Waals surface area contributed by atoms with Gasteiger partial charge < -0.3 is 10.2 Å². The van der Waals surface area contributed by atoms with E-state index >= 15 is 0 Å². The van der Waals surface area contributed by atoms with Crippen molar-refractivity contribution >= 4 is 17.6 Å². The summed E-state index contributed by atoms with van der Waals surface area (Å²) in [6.45, 7) is 12.4. The van der Waals surface area contributed by atoms with E-state index in [0.29, 0.717) is 18.8 Å². The van der Waals surface area contributed by atoms with Crippen molar-refractivity contribution in [2.75, 3.05) is 18.4 Å². The van der Waals surface area contributed by atoms with Gasteiger partial charge >= 0.3 is 0 Å². The Balaban J connectivity index is 1.90. The summed E-state index contributed by atoms with van der Waals surface area (Å²) in [6, 6.07) is 13.4. The van der Waals surface area contributed by atoms with Gasteiger partial charge in [0.15, 0.2) is 0 Å². The summed E-state index contributed by atoms with van der Waals surface area (Å²) >= 11 is 0. The van der Waals surface area contributed by atoms with Crippen LogP contribution in [0, 0.1) is 19.7 Å². The predicted octanol–water partition coefficient (Wildman–Crippen LogP) is 5.42. The van der Waals surface area contributed by atoms with Crippen molar-refractivity contribution in [3.63, 3.8) is 0 Å². The molecule has 0 radical (unpaired) electrons. The Bertz CT molecular complexity index is 1190. The number of aromatic nitrogens is 2. The van der Waals surface area contributed by atoms with Crippen LogP contribution in [0.15, 0.2) is 48.5 Å². The molecule has 0 atom stereocenters. The van der Waals surface area contributed by atoms with E-state index in [1.807, 2.05) is 45.0 Å². The van der Waals surface area contributed by atoms with Crippen LogP contribution in [-0.2, 0) is 10.2 Å². The Morgan fingerprint density at radius 3 is 2.44 bits per heavy atom. The molecule has 0 aliphatic rings. The fraction of sp³-hybridized carbons (Fsp3) is 0.370. The summed E-state index contributed by atoms with van der Waals surface area (Å²) < 4.78 is 15.4. The number of nitrogens with one attached hydrogen (secondary N) is 1. The molecule has 7 heteroatoms. The molecular weight excluding hydrogens is 431 g/mol. The number of aryl methyl sites for hydroxylation is 1. The van der Waals surface area contributed by atoms with E-state index in [2.05, 4.69) is 26.1 Å². The van der Waals surface area contributed by atoms with Gasteiger partial charge in [-0.25, -0.2) is 9.07 Å². The average molecular weight is 465 g/mol. The van der Waals surface area contributed by atoms with E-state index in [9.17, 15) is 14.0 Å². The van der Waals surface area contributed by atoms with Crippen molar-refractivity contribution in [3.05, 3.63) is 76.7 Å². The fourth-order valence-electron chi connectivity index (χ4n) is 3.67. The second-order valence-corrected chi connectivity index (χ2v) is 9.58. The Morgan fingerprint density at radius 2 is 1.79 bits per heavy atom. The van der Waals surface area contributed by atoms with E-state index in [1.165, 1.54) is 23.1 Å². The van der Waals surface area contributed by atoms with E-state index < -0.39 is 5.82 Å². The van der Waals surface area contributed by atoms with Crippen LogP contribution < -0.4 is 5.32 Å². The highest BCUT2D eigenvalue weighted by molar-refractivity contribution is 5.99. The van der Waals surface area contributed by atoms with Crippen LogP contribution in [-0.4, -0.2) is 39.6 Å². The van der Waals surface area contributed by atoms with E-state index in [0.717, 1.165) is 22.5 Å². The molecule has 0 saturated carbocycles. The molecule has 3 aromatic rings. The maximum atomic E-state index is 13.6. The molecule has 34 heavy (non-hydrogen) atoms. The van der Waals surface area contributed by atoms with Crippen LogP contribution in [0.2, 0.25) is 0 Å². The van der Waals surface area contributed by atoms with Gasteiger partial charge in [-0.3, -0.25) is 9.59 Å². The molecule has 0 spiro atoms. The molecule has 1 aromatic heterocycles.